The molecule has 0 bridgehead atoms. The highest BCUT2D eigenvalue weighted by Crippen LogP contribution is 2.42. The molecular weight excluding hydrogens is 316 g/mol. The Morgan fingerprint density at radius 2 is 1.74 bits per heavy atom. The Morgan fingerprint density at radius 1 is 1.00 bits per heavy atom. The first kappa shape index (κ1) is 13.3. The van der Waals surface area contributed by atoms with Crippen LogP contribution >= 0.6 is 27.7 Å². The van der Waals surface area contributed by atoms with Gasteiger partial charge >= 0.3 is 0 Å². The Bertz CT molecular complexity index is 517. The predicted octanol–water partition coefficient (Wildman–Crippen LogP) is 5.60. The lowest BCUT2D eigenvalue weighted by Crippen LogP contribution is -2.03. The first-order valence-corrected chi connectivity index (χ1v) is 8.86. The normalized spacial score (nSPS) is 17.4. The summed E-state index contributed by atoms with van der Waals surface area (Å²) < 4.78 is 0. The zero-order valence-electron chi connectivity index (χ0n) is 10.8. The molecule has 3 rings (SSSR count). The van der Waals surface area contributed by atoms with Gasteiger partial charge in [-0.05, 0) is 35.6 Å². The predicted molar refractivity (Wildman–Crippen MR) is 87.3 cm³/mol. The van der Waals surface area contributed by atoms with E-state index in [0.29, 0.717) is 5.92 Å². The number of rotatable bonds is 3. The molecule has 0 aliphatic carbocycles. The van der Waals surface area contributed by atoms with E-state index in [2.05, 4.69) is 64.5 Å². The Kier molecular flexibility index (Phi) is 4.29. The number of hydrogen-bond donors (Lipinski definition) is 0. The maximum absolute atomic E-state index is 3.57. The summed E-state index contributed by atoms with van der Waals surface area (Å²) in [5, 5.41) is 1.08. The summed E-state index contributed by atoms with van der Waals surface area (Å²) in [5.74, 6) is 1.65. The van der Waals surface area contributed by atoms with Gasteiger partial charge in [0, 0.05) is 21.9 Å². The topological polar surface area (TPSA) is 0 Å². The van der Waals surface area contributed by atoms with E-state index < -0.39 is 0 Å². The number of alkyl halides is 1. The molecule has 0 nitrogen and oxygen atoms in total. The number of halogens is 1. The van der Waals surface area contributed by atoms with Crippen LogP contribution in [0.1, 0.15) is 35.4 Å². The van der Waals surface area contributed by atoms with Crippen molar-refractivity contribution < 1.29 is 0 Å². The Balaban J connectivity index is 2.08. The van der Waals surface area contributed by atoms with Gasteiger partial charge < -0.3 is 0 Å². The second-order valence-electron chi connectivity index (χ2n) is 4.91. The van der Waals surface area contributed by atoms with Crippen LogP contribution in [0.5, 0.6) is 0 Å². The van der Waals surface area contributed by atoms with Gasteiger partial charge in [0.15, 0.2) is 0 Å². The monoisotopic (exact) mass is 332 g/mol. The van der Waals surface area contributed by atoms with Crippen LogP contribution < -0.4 is 0 Å². The van der Waals surface area contributed by atoms with Gasteiger partial charge in [0.1, 0.15) is 0 Å². The molecule has 0 fully saturated rings. The fourth-order valence-corrected chi connectivity index (χ4v) is 4.27. The Labute approximate surface area is 127 Å². The van der Waals surface area contributed by atoms with E-state index in [1.54, 1.807) is 0 Å². The second-order valence-corrected chi connectivity index (χ2v) is 6.72. The highest BCUT2D eigenvalue weighted by Gasteiger charge is 2.22. The van der Waals surface area contributed by atoms with Gasteiger partial charge in [-0.2, -0.15) is 0 Å². The number of hydrogen-bond acceptors (Lipinski definition) is 1. The average molecular weight is 333 g/mol. The maximum Gasteiger partial charge on any atom is 0.0235 e. The highest BCUT2D eigenvalue weighted by atomic mass is 79.9. The van der Waals surface area contributed by atoms with Crippen molar-refractivity contribution in [2.75, 3.05) is 5.33 Å². The molecule has 2 aromatic rings. The van der Waals surface area contributed by atoms with E-state index in [0.717, 1.165) is 11.1 Å². The van der Waals surface area contributed by atoms with Crippen molar-refractivity contribution in [3.8, 4) is 0 Å². The van der Waals surface area contributed by atoms with Crippen molar-refractivity contribution in [2.45, 2.75) is 29.4 Å². The summed E-state index contributed by atoms with van der Waals surface area (Å²) in [4.78, 5) is 1.46. The van der Waals surface area contributed by atoms with Gasteiger partial charge in [0.05, 0.1) is 0 Å². The van der Waals surface area contributed by atoms with Crippen molar-refractivity contribution in [2.24, 2.45) is 0 Å². The number of fused-ring (bicyclic) bond motifs is 2. The van der Waals surface area contributed by atoms with Crippen LogP contribution in [-0.4, -0.2) is 5.33 Å². The molecule has 1 heterocycles. The van der Waals surface area contributed by atoms with Crippen molar-refractivity contribution in [3.05, 3.63) is 65.2 Å². The second kappa shape index (κ2) is 6.15. The van der Waals surface area contributed by atoms with Gasteiger partial charge in [-0.25, -0.2) is 0 Å². The van der Waals surface area contributed by atoms with Gasteiger partial charge in [-0.1, -0.05) is 58.4 Å². The summed E-state index contributed by atoms with van der Waals surface area (Å²) >= 11 is 5.55. The molecule has 1 aliphatic rings. The Morgan fingerprint density at radius 3 is 2.58 bits per heavy atom. The van der Waals surface area contributed by atoms with E-state index in [-0.39, 0.29) is 0 Å². The van der Waals surface area contributed by atoms with Gasteiger partial charge in [-0.3, -0.25) is 0 Å². The average Bonchev–Trinajstić information content (AvgIpc) is 2.62. The Hall–Kier alpha value is -0.730. The molecule has 98 valence electrons. The third kappa shape index (κ3) is 2.75. The van der Waals surface area contributed by atoms with E-state index in [9.17, 15) is 0 Å². The largest absolute Gasteiger partial charge is 0.121 e. The molecule has 0 saturated heterocycles. The van der Waals surface area contributed by atoms with Gasteiger partial charge in [-0.15, -0.1) is 11.8 Å². The van der Waals surface area contributed by atoms with E-state index in [4.69, 9.17) is 0 Å². The van der Waals surface area contributed by atoms with Crippen LogP contribution in [0.25, 0.3) is 0 Å². The van der Waals surface area contributed by atoms with Crippen molar-refractivity contribution in [3.63, 3.8) is 0 Å². The summed E-state index contributed by atoms with van der Waals surface area (Å²) in [5.41, 5.74) is 4.54. The van der Waals surface area contributed by atoms with Crippen LogP contribution in [0.3, 0.4) is 0 Å². The molecule has 0 amide bonds. The lowest BCUT2D eigenvalue weighted by molar-refractivity contribution is 0.693. The molecule has 0 saturated carbocycles. The summed E-state index contributed by atoms with van der Waals surface area (Å²) in [6, 6.07) is 17.9. The molecule has 1 atom stereocenters. The lowest BCUT2D eigenvalue weighted by atomic mass is 9.85. The fourth-order valence-electron chi connectivity index (χ4n) is 2.82. The first-order valence-electron chi connectivity index (χ1n) is 6.75. The molecule has 0 aromatic heterocycles. The third-order valence-corrected chi connectivity index (χ3v) is 5.43. The molecule has 0 radical (unpaired) electrons. The van der Waals surface area contributed by atoms with E-state index in [1.165, 1.54) is 34.4 Å². The summed E-state index contributed by atoms with van der Waals surface area (Å²) in [6.07, 6.45) is 2.44. The molecule has 2 aromatic carbocycles. The smallest absolute Gasteiger partial charge is 0.0235 e. The summed E-state index contributed by atoms with van der Waals surface area (Å²) in [7, 11) is 0. The minimum atomic E-state index is 0.556. The summed E-state index contributed by atoms with van der Waals surface area (Å²) in [6.45, 7) is 0. The van der Waals surface area contributed by atoms with E-state index >= 15 is 0 Å². The van der Waals surface area contributed by atoms with Crippen LogP contribution in [-0.2, 0) is 5.75 Å². The van der Waals surface area contributed by atoms with Crippen LogP contribution in [0.2, 0.25) is 0 Å². The van der Waals surface area contributed by atoms with Crippen molar-refractivity contribution in [1.29, 1.82) is 0 Å². The molecule has 1 unspecified atom stereocenters. The van der Waals surface area contributed by atoms with Crippen molar-refractivity contribution in [1.82, 2.24) is 0 Å². The standard InChI is InChI=1S/C17H17BrS/c18-11-5-9-15-14-7-2-1-6-13(14)12-19-17-10-4-3-8-16(15)17/h1-4,6-8,10,15H,5,9,11-12H2. The van der Waals surface area contributed by atoms with Gasteiger partial charge in [0.2, 0.25) is 0 Å². The zero-order chi connectivity index (χ0) is 13.1. The van der Waals surface area contributed by atoms with Crippen LogP contribution in [0.15, 0.2) is 53.4 Å². The molecule has 0 spiro atoms. The molecular formula is C17H17BrS. The van der Waals surface area contributed by atoms with Gasteiger partial charge in [0.25, 0.3) is 0 Å². The minimum absolute atomic E-state index is 0.556. The maximum atomic E-state index is 3.57. The minimum Gasteiger partial charge on any atom is -0.121 e. The zero-order valence-corrected chi connectivity index (χ0v) is 13.2. The lowest BCUT2D eigenvalue weighted by Gasteiger charge is -2.19. The molecule has 0 N–H and O–H groups in total. The fraction of sp³-hybridized carbons (Fsp3) is 0.294. The number of thioether (sulfide) groups is 1. The third-order valence-electron chi connectivity index (χ3n) is 3.73. The first-order chi connectivity index (χ1) is 9.40. The SMILES string of the molecule is BrCCCC1c2ccccc2CSc2ccccc21. The number of benzene rings is 2. The van der Waals surface area contributed by atoms with E-state index in [1.807, 2.05) is 11.8 Å². The van der Waals surface area contributed by atoms with Crippen molar-refractivity contribution >= 4 is 27.7 Å². The van der Waals surface area contributed by atoms with Crippen LogP contribution in [0.4, 0.5) is 0 Å². The molecule has 19 heavy (non-hydrogen) atoms. The van der Waals surface area contributed by atoms with Crippen LogP contribution in [0, 0.1) is 0 Å². The molecule has 2 heteroatoms. The highest BCUT2D eigenvalue weighted by molar-refractivity contribution is 9.09. The quantitative estimate of drug-likeness (QED) is 0.659. The molecule has 1 aliphatic heterocycles.